The predicted octanol–water partition coefficient (Wildman–Crippen LogP) is 0.110. The van der Waals surface area contributed by atoms with Gasteiger partial charge in [0.25, 0.3) is 0 Å². The second kappa shape index (κ2) is 3.19. The molecule has 0 fully saturated rings. The van der Waals surface area contributed by atoms with E-state index in [4.69, 9.17) is 22.3 Å². The molecule has 0 saturated carbocycles. The van der Waals surface area contributed by atoms with Gasteiger partial charge < -0.3 is 22.3 Å². The molecule has 0 aliphatic carbocycles. The van der Waals surface area contributed by atoms with Gasteiger partial charge in [-0.25, -0.2) is 4.79 Å². The molecule has 7 N–H and O–H groups in total. The molecule has 0 aliphatic heterocycles. The minimum atomic E-state index is -1.51. The summed E-state index contributed by atoms with van der Waals surface area (Å²) in [6.45, 7) is 1.38. The van der Waals surface area contributed by atoms with Crippen LogP contribution in [0.2, 0.25) is 0 Å². The van der Waals surface area contributed by atoms with E-state index in [1.165, 1.54) is 6.92 Å². The fourth-order valence-corrected chi connectivity index (χ4v) is 1.15. The number of carboxylic acid groups (broad SMARTS) is 1. The normalized spacial score (nSPS) is 14.7. The van der Waals surface area contributed by atoms with E-state index in [1.54, 1.807) is 18.2 Å². The molecule has 5 heteroatoms. The third kappa shape index (κ3) is 1.49. The van der Waals surface area contributed by atoms with Gasteiger partial charge in [-0.3, -0.25) is 0 Å². The van der Waals surface area contributed by atoms with Crippen LogP contribution in [0.1, 0.15) is 12.5 Å². The highest BCUT2D eigenvalue weighted by Gasteiger charge is 2.32. The molecule has 0 saturated heterocycles. The quantitative estimate of drug-likeness (QED) is 0.500. The zero-order valence-electron chi connectivity index (χ0n) is 7.82. The van der Waals surface area contributed by atoms with Crippen molar-refractivity contribution in [3.05, 3.63) is 23.8 Å². The fourth-order valence-electron chi connectivity index (χ4n) is 1.15. The van der Waals surface area contributed by atoms with Gasteiger partial charge in [0, 0.05) is 5.56 Å². The molecule has 0 amide bonds. The van der Waals surface area contributed by atoms with Gasteiger partial charge in [-0.15, -0.1) is 0 Å². The summed E-state index contributed by atoms with van der Waals surface area (Å²) < 4.78 is 0. The van der Waals surface area contributed by atoms with Gasteiger partial charge in [0.05, 0.1) is 11.4 Å². The lowest BCUT2D eigenvalue weighted by Gasteiger charge is -2.22. The van der Waals surface area contributed by atoms with Crippen molar-refractivity contribution < 1.29 is 9.90 Å². The highest BCUT2D eigenvalue weighted by atomic mass is 16.4. The number of carbonyl (C=O) groups is 1. The second-order valence-corrected chi connectivity index (χ2v) is 3.32. The maximum Gasteiger partial charge on any atom is 0.328 e. The third-order valence-electron chi connectivity index (χ3n) is 2.14. The first-order valence-electron chi connectivity index (χ1n) is 4.04. The highest BCUT2D eigenvalue weighted by Crippen LogP contribution is 2.28. The maximum atomic E-state index is 10.9. The molecule has 5 nitrogen and oxygen atoms in total. The molecule has 0 spiro atoms. The van der Waals surface area contributed by atoms with E-state index >= 15 is 0 Å². The summed E-state index contributed by atoms with van der Waals surface area (Å²) in [5, 5.41) is 8.89. The Morgan fingerprint density at radius 2 is 2.00 bits per heavy atom. The van der Waals surface area contributed by atoms with Crippen molar-refractivity contribution in [1.29, 1.82) is 0 Å². The Kier molecular flexibility index (Phi) is 2.35. The SMILES string of the molecule is CC(N)(C(=O)O)c1cccc(N)c1N. The number of hydrogen-bond donors (Lipinski definition) is 4. The highest BCUT2D eigenvalue weighted by molar-refractivity contribution is 5.84. The van der Waals surface area contributed by atoms with Gasteiger partial charge in [0.2, 0.25) is 0 Å². The van der Waals surface area contributed by atoms with Crippen LogP contribution < -0.4 is 17.2 Å². The molecule has 0 aromatic heterocycles. The van der Waals surface area contributed by atoms with E-state index < -0.39 is 11.5 Å². The monoisotopic (exact) mass is 195 g/mol. The summed E-state index contributed by atoms with van der Waals surface area (Å²) in [5.74, 6) is -1.14. The van der Waals surface area contributed by atoms with Gasteiger partial charge in [0.1, 0.15) is 5.54 Å². The van der Waals surface area contributed by atoms with Gasteiger partial charge in [-0.05, 0) is 13.0 Å². The van der Waals surface area contributed by atoms with E-state index in [1.807, 2.05) is 0 Å². The number of anilines is 2. The van der Waals surface area contributed by atoms with Crippen molar-refractivity contribution in [2.75, 3.05) is 11.5 Å². The fraction of sp³-hybridized carbons (Fsp3) is 0.222. The minimum Gasteiger partial charge on any atom is -0.480 e. The minimum absolute atomic E-state index is 0.222. The van der Waals surface area contributed by atoms with Crippen molar-refractivity contribution in [2.24, 2.45) is 5.73 Å². The van der Waals surface area contributed by atoms with Crippen molar-refractivity contribution in [3.63, 3.8) is 0 Å². The summed E-state index contributed by atoms with van der Waals surface area (Å²) in [6, 6.07) is 4.77. The number of carboxylic acids is 1. The first-order chi connectivity index (χ1) is 6.37. The summed E-state index contributed by atoms with van der Waals surface area (Å²) in [5.41, 5.74) is 16.2. The maximum absolute atomic E-state index is 10.9. The number of nitrogen functional groups attached to an aromatic ring is 2. The molecule has 0 aliphatic rings. The van der Waals surface area contributed by atoms with Gasteiger partial charge in [-0.2, -0.15) is 0 Å². The van der Waals surface area contributed by atoms with Crippen molar-refractivity contribution in [3.8, 4) is 0 Å². The molecule has 76 valence electrons. The van der Waals surface area contributed by atoms with Gasteiger partial charge in [-0.1, -0.05) is 12.1 Å². The lowest BCUT2D eigenvalue weighted by Crippen LogP contribution is -2.42. The first-order valence-corrected chi connectivity index (χ1v) is 4.04. The number of nitrogens with two attached hydrogens (primary N) is 3. The summed E-state index contributed by atoms with van der Waals surface area (Å²) >= 11 is 0. The molecule has 1 unspecified atom stereocenters. The molecule has 1 aromatic carbocycles. The Balaban J connectivity index is 3.33. The zero-order chi connectivity index (χ0) is 10.9. The lowest BCUT2D eigenvalue weighted by atomic mass is 9.91. The lowest BCUT2D eigenvalue weighted by molar-refractivity contribution is -0.143. The molecule has 0 heterocycles. The summed E-state index contributed by atoms with van der Waals surface area (Å²) in [6.07, 6.45) is 0. The Hall–Kier alpha value is -1.75. The van der Waals surface area contributed by atoms with Crippen LogP contribution in [0.25, 0.3) is 0 Å². The average Bonchev–Trinajstić information content (AvgIpc) is 2.09. The second-order valence-electron chi connectivity index (χ2n) is 3.32. The molecule has 1 atom stereocenters. The van der Waals surface area contributed by atoms with Crippen molar-refractivity contribution in [2.45, 2.75) is 12.5 Å². The third-order valence-corrected chi connectivity index (χ3v) is 2.14. The number of hydrogen-bond acceptors (Lipinski definition) is 4. The average molecular weight is 195 g/mol. The number of rotatable bonds is 2. The van der Waals surface area contributed by atoms with E-state index in [0.29, 0.717) is 11.3 Å². The van der Waals surface area contributed by atoms with Gasteiger partial charge in [0.15, 0.2) is 0 Å². The zero-order valence-corrected chi connectivity index (χ0v) is 7.82. The Morgan fingerprint density at radius 1 is 1.43 bits per heavy atom. The van der Waals surface area contributed by atoms with Crippen LogP contribution in [-0.2, 0) is 10.3 Å². The Labute approximate surface area is 81.5 Å². The van der Waals surface area contributed by atoms with Gasteiger partial charge >= 0.3 is 5.97 Å². The van der Waals surface area contributed by atoms with E-state index in [2.05, 4.69) is 0 Å². The molecule has 14 heavy (non-hydrogen) atoms. The molecule has 1 aromatic rings. The standard InChI is InChI=1S/C9H13N3O2/c1-9(12,8(13)14)5-3-2-4-6(10)7(5)11/h2-4H,10-12H2,1H3,(H,13,14). The first kappa shape index (κ1) is 10.3. The molecular formula is C9H13N3O2. The number of para-hydroxylation sites is 1. The number of benzene rings is 1. The van der Waals surface area contributed by atoms with Crippen LogP contribution in [0.5, 0.6) is 0 Å². The Morgan fingerprint density at radius 3 is 2.50 bits per heavy atom. The van der Waals surface area contributed by atoms with Crippen LogP contribution >= 0.6 is 0 Å². The summed E-state index contributed by atoms with van der Waals surface area (Å²) in [4.78, 5) is 10.9. The predicted molar refractivity (Wildman–Crippen MR) is 54.4 cm³/mol. The molecule has 0 radical (unpaired) electrons. The van der Waals surface area contributed by atoms with E-state index in [-0.39, 0.29) is 5.69 Å². The molecular weight excluding hydrogens is 182 g/mol. The van der Waals surface area contributed by atoms with Crippen LogP contribution in [0.3, 0.4) is 0 Å². The van der Waals surface area contributed by atoms with Crippen LogP contribution in [0.15, 0.2) is 18.2 Å². The smallest absolute Gasteiger partial charge is 0.328 e. The van der Waals surface area contributed by atoms with Crippen molar-refractivity contribution in [1.82, 2.24) is 0 Å². The van der Waals surface area contributed by atoms with Crippen LogP contribution in [-0.4, -0.2) is 11.1 Å². The molecule has 0 bridgehead atoms. The Bertz CT molecular complexity index is 374. The van der Waals surface area contributed by atoms with E-state index in [0.717, 1.165) is 0 Å². The van der Waals surface area contributed by atoms with Crippen LogP contribution in [0, 0.1) is 0 Å². The van der Waals surface area contributed by atoms with Crippen molar-refractivity contribution >= 4 is 17.3 Å². The van der Waals surface area contributed by atoms with Crippen LogP contribution in [0.4, 0.5) is 11.4 Å². The van der Waals surface area contributed by atoms with E-state index in [9.17, 15) is 4.79 Å². The topological polar surface area (TPSA) is 115 Å². The number of aliphatic carboxylic acids is 1. The largest absolute Gasteiger partial charge is 0.480 e. The molecule has 1 rings (SSSR count). The summed E-state index contributed by atoms with van der Waals surface area (Å²) in [7, 11) is 0.